The zero-order chi connectivity index (χ0) is 12.3. The van der Waals surface area contributed by atoms with Crippen molar-refractivity contribution in [2.45, 2.75) is 32.5 Å². The average molecular weight is 236 g/mol. The van der Waals surface area contributed by atoms with Gasteiger partial charge in [-0.05, 0) is 26.8 Å². The molecule has 1 aromatic rings. The maximum absolute atomic E-state index is 9.25. The number of pyridine rings is 1. The molecule has 94 valence electrons. The quantitative estimate of drug-likeness (QED) is 0.860. The van der Waals surface area contributed by atoms with Gasteiger partial charge in [0.05, 0.1) is 6.61 Å². The molecule has 4 nitrogen and oxygen atoms in total. The van der Waals surface area contributed by atoms with Crippen molar-refractivity contribution in [3.8, 4) is 5.75 Å². The first-order chi connectivity index (χ1) is 8.19. The molecule has 0 atom stereocenters. The number of hydrogen-bond donors (Lipinski definition) is 1. The lowest BCUT2D eigenvalue weighted by atomic mass is 10.1. The molecular weight excluding hydrogens is 216 g/mol. The zero-order valence-electron chi connectivity index (χ0n) is 10.5. The molecule has 1 aliphatic heterocycles. The van der Waals surface area contributed by atoms with Crippen molar-refractivity contribution >= 4 is 0 Å². The van der Waals surface area contributed by atoms with Crippen LogP contribution >= 0.6 is 0 Å². The predicted molar refractivity (Wildman–Crippen MR) is 66.0 cm³/mol. The normalized spacial score (nSPS) is 18.3. The van der Waals surface area contributed by atoms with E-state index >= 15 is 0 Å². The number of rotatable bonds is 3. The summed E-state index contributed by atoms with van der Waals surface area (Å²) < 4.78 is 5.98. The summed E-state index contributed by atoms with van der Waals surface area (Å²) in [6.07, 6.45) is 4.05. The van der Waals surface area contributed by atoms with E-state index in [1.165, 1.54) is 0 Å². The summed E-state index contributed by atoms with van der Waals surface area (Å²) in [4.78, 5) is 6.48. The Kier molecular flexibility index (Phi) is 3.97. The molecule has 17 heavy (non-hydrogen) atoms. The lowest BCUT2D eigenvalue weighted by Gasteiger charge is -2.29. The van der Waals surface area contributed by atoms with Crippen LogP contribution in [0.1, 0.15) is 24.1 Å². The van der Waals surface area contributed by atoms with Crippen molar-refractivity contribution in [2.24, 2.45) is 0 Å². The Morgan fingerprint density at radius 3 is 2.82 bits per heavy atom. The van der Waals surface area contributed by atoms with E-state index in [0.29, 0.717) is 0 Å². The van der Waals surface area contributed by atoms with Crippen molar-refractivity contribution in [3.63, 3.8) is 0 Å². The minimum Gasteiger partial charge on any atom is -0.490 e. The van der Waals surface area contributed by atoms with E-state index < -0.39 is 0 Å². The second kappa shape index (κ2) is 5.47. The van der Waals surface area contributed by atoms with Gasteiger partial charge >= 0.3 is 0 Å². The summed E-state index contributed by atoms with van der Waals surface area (Å²) in [7, 11) is 2.13. The fourth-order valence-electron chi connectivity index (χ4n) is 2.07. The number of aliphatic hydroxyl groups is 1. The zero-order valence-corrected chi connectivity index (χ0v) is 10.5. The molecular formula is C13H20N2O2. The predicted octanol–water partition coefficient (Wildman–Crippen LogP) is 1.36. The fraction of sp³-hybridized carbons (Fsp3) is 0.615. The largest absolute Gasteiger partial charge is 0.490 e. The third-order valence-electron chi connectivity index (χ3n) is 3.21. The third-order valence-corrected chi connectivity index (χ3v) is 3.21. The molecule has 2 heterocycles. The number of likely N-dealkylation sites (tertiary alicyclic amines) is 1. The highest BCUT2D eigenvalue weighted by Crippen LogP contribution is 2.23. The second-order valence-corrected chi connectivity index (χ2v) is 4.71. The highest BCUT2D eigenvalue weighted by molar-refractivity contribution is 5.32. The highest BCUT2D eigenvalue weighted by atomic mass is 16.5. The molecule has 0 saturated carbocycles. The average Bonchev–Trinajstić information content (AvgIpc) is 2.32. The van der Waals surface area contributed by atoms with E-state index in [1.807, 2.05) is 13.0 Å². The maximum Gasteiger partial charge on any atom is 0.128 e. The summed E-state index contributed by atoms with van der Waals surface area (Å²) in [6, 6.07) is 1.91. The fourth-order valence-corrected chi connectivity index (χ4v) is 2.07. The number of piperidine rings is 1. The maximum atomic E-state index is 9.25. The number of nitrogens with zero attached hydrogens (tertiary/aromatic N) is 2. The Bertz CT molecular complexity index is 374. The van der Waals surface area contributed by atoms with E-state index in [1.54, 1.807) is 6.20 Å². The summed E-state index contributed by atoms with van der Waals surface area (Å²) in [5.74, 6) is 0.787. The van der Waals surface area contributed by atoms with Crippen LogP contribution in [0.15, 0.2) is 12.3 Å². The minimum atomic E-state index is -0.0186. The topological polar surface area (TPSA) is 45.6 Å². The number of aryl methyl sites for hydroxylation is 1. The summed E-state index contributed by atoms with van der Waals surface area (Å²) in [6.45, 7) is 4.06. The van der Waals surface area contributed by atoms with Crippen LogP contribution < -0.4 is 4.74 Å². The van der Waals surface area contributed by atoms with Crippen LogP contribution in [-0.4, -0.2) is 41.2 Å². The molecule has 0 aliphatic carbocycles. The first-order valence-electron chi connectivity index (χ1n) is 6.10. The Labute approximate surface area is 102 Å². The Hall–Kier alpha value is -1.13. The van der Waals surface area contributed by atoms with Gasteiger partial charge in [-0.15, -0.1) is 0 Å². The van der Waals surface area contributed by atoms with Gasteiger partial charge in [0, 0.05) is 36.6 Å². The van der Waals surface area contributed by atoms with Gasteiger partial charge in [-0.1, -0.05) is 0 Å². The third kappa shape index (κ3) is 3.17. The molecule has 0 radical (unpaired) electrons. The molecule has 1 N–H and O–H groups in total. The smallest absolute Gasteiger partial charge is 0.128 e. The second-order valence-electron chi connectivity index (χ2n) is 4.71. The van der Waals surface area contributed by atoms with Gasteiger partial charge in [0.25, 0.3) is 0 Å². The van der Waals surface area contributed by atoms with Gasteiger partial charge in [0.15, 0.2) is 0 Å². The SMILES string of the molecule is Cc1cc(OC2CCN(C)CC2)c(CO)cn1. The van der Waals surface area contributed by atoms with Crippen LogP contribution in [0.2, 0.25) is 0 Å². The van der Waals surface area contributed by atoms with Crippen molar-refractivity contribution in [1.82, 2.24) is 9.88 Å². The Morgan fingerprint density at radius 1 is 1.47 bits per heavy atom. The van der Waals surface area contributed by atoms with Crippen LogP contribution in [0.3, 0.4) is 0 Å². The van der Waals surface area contributed by atoms with Crippen LogP contribution in [0, 0.1) is 6.92 Å². The number of hydrogen-bond acceptors (Lipinski definition) is 4. The minimum absolute atomic E-state index is 0.0186. The van der Waals surface area contributed by atoms with E-state index in [-0.39, 0.29) is 12.7 Å². The molecule has 1 saturated heterocycles. The van der Waals surface area contributed by atoms with Crippen molar-refractivity contribution in [2.75, 3.05) is 20.1 Å². The molecule has 0 bridgehead atoms. The molecule has 1 aliphatic rings. The standard InChI is InChI=1S/C13H20N2O2/c1-10-7-13(11(9-16)8-14-10)17-12-3-5-15(2)6-4-12/h7-8,12,16H,3-6,9H2,1-2H3. The van der Waals surface area contributed by atoms with Gasteiger partial charge in [-0.3, -0.25) is 4.98 Å². The summed E-state index contributed by atoms with van der Waals surface area (Å²) in [5.41, 5.74) is 1.69. The van der Waals surface area contributed by atoms with Crippen LogP contribution in [-0.2, 0) is 6.61 Å². The molecule has 0 aromatic carbocycles. The Morgan fingerprint density at radius 2 is 2.18 bits per heavy atom. The van der Waals surface area contributed by atoms with Crippen molar-refractivity contribution < 1.29 is 9.84 Å². The number of aromatic nitrogens is 1. The molecule has 0 amide bonds. The van der Waals surface area contributed by atoms with Crippen molar-refractivity contribution in [1.29, 1.82) is 0 Å². The molecule has 2 rings (SSSR count). The summed E-state index contributed by atoms with van der Waals surface area (Å²) >= 11 is 0. The van der Waals surface area contributed by atoms with Gasteiger partial charge in [0.2, 0.25) is 0 Å². The molecule has 4 heteroatoms. The lowest BCUT2D eigenvalue weighted by molar-refractivity contribution is 0.111. The highest BCUT2D eigenvalue weighted by Gasteiger charge is 2.19. The summed E-state index contributed by atoms with van der Waals surface area (Å²) in [5, 5.41) is 9.25. The van der Waals surface area contributed by atoms with Gasteiger partial charge < -0.3 is 14.7 Å². The van der Waals surface area contributed by atoms with Crippen LogP contribution in [0.4, 0.5) is 0 Å². The molecule has 0 unspecified atom stereocenters. The van der Waals surface area contributed by atoms with Crippen LogP contribution in [0.25, 0.3) is 0 Å². The number of ether oxygens (including phenoxy) is 1. The van der Waals surface area contributed by atoms with E-state index in [2.05, 4.69) is 16.9 Å². The van der Waals surface area contributed by atoms with Crippen LogP contribution in [0.5, 0.6) is 5.75 Å². The van der Waals surface area contributed by atoms with Gasteiger partial charge in [-0.25, -0.2) is 0 Å². The van der Waals surface area contributed by atoms with E-state index in [9.17, 15) is 5.11 Å². The van der Waals surface area contributed by atoms with Gasteiger partial charge in [-0.2, -0.15) is 0 Å². The Balaban J connectivity index is 2.04. The first kappa shape index (κ1) is 12.3. The lowest BCUT2D eigenvalue weighted by Crippen LogP contribution is -2.35. The van der Waals surface area contributed by atoms with E-state index in [4.69, 9.17) is 4.74 Å². The molecule has 1 aromatic heterocycles. The molecule has 0 spiro atoms. The van der Waals surface area contributed by atoms with E-state index in [0.717, 1.165) is 42.9 Å². The first-order valence-corrected chi connectivity index (χ1v) is 6.10. The van der Waals surface area contributed by atoms with Crippen molar-refractivity contribution in [3.05, 3.63) is 23.5 Å². The monoisotopic (exact) mass is 236 g/mol. The van der Waals surface area contributed by atoms with Gasteiger partial charge in [0.1, 0.15) is 11.9 Å². The molecule has 1 fully saturated rings. The number of aliphatic hydroxyl groups excluding tert-OH is 1.